The second kappa shape index (κ2) is 7.04. The standard InChI is InChI=1S/C16H18N2O2S/c1-4-20-13-7-5-12(6-8-13)14-10-21-16(17-14)18-15(19)9-11(2)3/h5-10H,4H2,1-3H3,(H,17,18,19). The van der Waals surface area contributed by atoms with Crippen molar-refractivity contribution in [2.45, 2.75) is 20.8 Å². The maximum absolute atomic E-state index is 11.6. The summed E-state index contributed by atoms with van der Waals surface area (Å²) >= 11 is 1.41. The molecule has 4 nitrogen and oxygen atoms in total. The maximum atomic E-state index is 11.6. The van der Waals surface area contributed by atoms with Gasteiger partial charge in [0.1, 0.15) is 5.75 Å². The van der Waals surface area contributed by atoms with Crippen molar-refractivity contribution in [3.63, 3.8) is 0 Å². The number of amides is 1. The fraction of sp³-hybridized carbons (Fsp3) is 0.250. The third kappa shape index (κ3) is 4.43. The molecular formula is C16H18N2O2S. The zero-order chi connectivity index (χ0) is 15.2. The molecule has 21 heavy (non-hydrogen) atoms. The number of anilines is 1. The van der Waals surface area contributed by atoms with Gasteiger partial charge in [-0.15, -0.1) is 11.3 Å². The molecule has 1 amide bonds. The number of carbonyl (C=O) groups is 1. The van der Waals surface area contributed by atoms with E-state index in [9.17, 15) is 4.79 Å². The van der Waals surface area contributed by atoms with E-state index in [0.717, 1.165) is 22.6 Å². The van der Waals surface area contributed by atoms with Gasteiger partial charge in [-0.2, -0.15) is 0 Å². The Hall–Kier alpha value is -2.14. The Morgan fingerprint density at radius 2 is 2.05 bits per heavy atom. The molecule has 0 radical (unpaired) electrons. The molecule has 0 aliphatic heterocycles. The van der Waals surface area contributed by atoms with Crippen molar-refractivity contribution in [1.29, 1.82) is 0 Å². The van der Waals surface area contributed by atoms with Gasteiger partial charge in [-0.05, 0) is 45.0 Å². The zero-order valence-electron chi connectivity index (χ0n) is 12.3. The van der Waals surface area contributed by atoms with Gasteiger partial charge < -0.3 is 4.74 Å². The van der Waals surface area contributed by atoms with E-state index in [0.29, 0.717) is 11.7 Å². The van der Waals surface area contributed by atoms with Crippen LogP contribution in [0.15, 0.2) is 41.3 Å². The number of thiazole rings is 1. The van der Waals surface area contributed by atoms with E-state index in [1.165, 1.54) is 11.3 Å². The Labute approximate surface area is 128 Å². The summed E-state index contributed by atoms with van der Waals surface area (Å²) in [5.74, 6) is 0.691. The van der Waals surface area contributed by atoms with Crippen LogP contribution in [0.3, 0.4) is 0 Å². The van der Waals surface area contributed by atoms with E-state index < -0.39 is 0 Å². The summed E-state index contributed by atoms with van der Waals surface area (Å²) in [4.78, 5) is 16.1. The molecular weight excluding hydrogens is 284 g/mol. The Morgan fingerprint density at radius 1 is 1.33 bits per heavy atom. The van der Waals surface area contributed by atoms with Crippen LogP contribution in [-0.2, 0) is 4.79 Å². The quantitative estimate of drug-likeness (QED) is 0.845. The molecule has 0 aliphatic rings. The summed E-state index contributed by atoms with van der Waals surface area (Å²) in [7, 11) is 0. The molecule has 0 atom stereocenters. The molecule has 0 spiro atoms. The third-order valence-corrected chi connectivity index (χ3v) is 3.37. The van der Waals surface area contributed by atoms with E-state index in [1.807, 2.05) is 50.4 Å². The normalized spacial score (nSPS) is 10.0. The lowest BCUT2D eigenvalue weighted by Gasteiger charge is -2.03. The van der Waals surface area contributed by atoms with Gasteiger partial charge in [-0.25, -0.2) is 4.98 Å². The van der Waals surface area contributed by atoms with Crippen molar-refractivity contribution in [3.8, 4) is 17.0 Å². The number of nitrogens with zero attached hydrogens (tertiary/aromatic N) is 1. The van der Waals surface area contributed by atoms with Crippen molar-refractivity contribution < 1.29 is 9.53 Å². The molecule has 1 heterocycles. The van der Waals surface area contributed by atoms with Crippen LogP contribution in [0.1, 0.15) is 20.8 Å². The predicted octanol–water partition coefficient (Wildman–Crippen LogP) is 4.11. The minimum atomic E-state index is -0.150. The highest BCUT2D eigenvalue weighted by Crippen LogP contribution is 2.26. The first-order chi connectivity index (χ1) is 10.1. The average Bonchev–Trinajstić information content (AvgIpc) is 2.87. The number of hydrogen-bond acceptors (Lipinski definition) is 4. The van der Waals surface area contributed by atoms with Gasteiger partial charge in [0.25, 0.3) is 0 Å². The highest BCUT2D eigenvalue weighted by atomic mass is 32.1. The molecule has 0 fully saturated rings. The number of aromatic nitrogens is 1. The molecule has 0 bridgehead atoms. The minimum absolute atomic E-state index is 0.150. The summed E-state index contributed by atoms with van der Waals surface area (Å²) < 4.78 is 5.41. The number of nitrogens with one attached hydrogen (secondary N) is 1. The van der Waals surface area contributed by atoms with Gasteiger partial charge in [0.05, 0.1) is 12.3 Å². The van der Waals surface area contributed by atoms with Crippen molar-refractivity contribution in [2.75, 3.05) is 11.9 Å². The summed E-state index contributed by atoms with van der Waals surface area (Å²) in [6.45, 7) is 6.37. The largest absolute Gasteiger partial charge is 0.494 e. The number of rotatable bonds is 5. The molecule has 0 saturated heterocycles. The molecule has 5 heteroatoms. The van der Waals surface area contributed by atoms with Crippen LogP contribution in [0.5, 0.6) is 5.75 Å². The van der Waals surface area contributed by atoms with Gasteiger partial charge >= 0.3 is 0 Å². The highest BCUT2D eigenvalue weighted by molar-refractivity contribution is 7.14. The number of carbonyl (C=O) groups excluding carboxylic acids is 1. The highest BCUT2D eigenvalue weighted by Gasteiger charge is 2.07. The maximum Gasteiger partial charge on any atom is 0.250 e. The summed E-state index contributed by atoms with van der Waals surface area (Å²) in [6, 6.07) is 7.75. The van der Waals surface area contributed by atoms with Crippen LogP contribution >= 0.6 is 11.3 Å². The van der Waals surface area contributed by atoms with E-state index >= 15 is 0 Å². The van der Waals surface area contributed by atoms with E-state index in [1.54, 1.807) is 6.08 Å². The number of benzene rings is 1. The van der Waals surface area contributed by atoms with Crippen LogP contribution in [0.4, 0.5) is 5.13 Å². The van der Waals surface area contributed by atoms with Gasteiger partial charge in [-0.1, -0.05) is 5.57 Å². The van der Waals surface area contributed by atoms with E-state index in [4.69, 9.17) is 4.74 Å². The number of hydrogen-bond donors (Lipinski definition) is 1. The Balaban J connectivity index is 2.08. The van der Waals surface area contributed by atoms with Gasteiger partial charge in [0, 0.05) is 17.0 Å². The number of ether oxygens (including phenoxy) is 1. The zero-order valence-corrected chi connectivity index (χ0v) is 13.2. The molecule has 110 valence electrons. The van der Waals surface area contributed by atoms with Gasteiger partial charge in [0.15, 0.2) is 5.13 Å². The first-order valence-electron chi connectivity index (χ1n) is 6.73. The summed E-state index contributed by atoms with van der Waals surface area (Å²) in [5.41, 5.74) is 2.80. The van der Waals surface area contributed by atoms with Crippen molar-refractivity contribution >= 4 is 22.4 Å². The molecule has 1 N–H and O–H groups in total. The fourth-order valence-electron chi connectivity index (χ4n) is 1.76. The molecule has 2 aromatic rings. The Kier molecular flexibility index (Phi) is 5.11. The molecule has 2 rings (SSSR count). The van der Waals surface area contributed by atoms with Crippen LogP contribution in [0.2, 0.25) is 0 Å². The third-order valence-electron chi connectivity index (χ3n) is 2.62. The van der Waals surface area contributed by atoms with E-state index in [-0.39, 0.29) is 5.91 Å². The molecule has 1 aromatic heterocycles. The van der Waals surface area contributed by atoms with Crippen molar-refractivity contribution in [3.05, 3.63) is 41.3 Å². The summed E-state index contributed by atoms with van der Waals surface area (Å²) in [6.07, 6.45) is 1.55. The Morgan fingerprint density at radius 3 is 2.67 bits per heavy atom. The first-order valence-corrected chi connectivity index (χ1v) is 7.61. The average molecular weight is 302 g/mol. The summed E-state index contributed by atoms with van der Waals surface area (Å²) in [5, 5.41) is 5.29. The lowest BCUT2D eigenvalue weighted by molar-refractivity contribution is -0.111. The van der Waals surface area contributed by atoms with Crippen molar-refractivity contribution in [1.82, 2.24) is 4.98 Å². The van der Waals surface area contributed by atoms with Crippen LogP contribution in [0.25, 0.3) is 11.3 Å². The number of allylic oxidation sites excluding steroid dienone is 1. The fourth-order valence-corrected chi connectivity index (χ4v) is 2.48. The SMILES string of the molecule is CCOc1ccc(-c2csc(NC(=O)C=C(C)C)n2)cc1. The predicted molar refractivity (Wildman–Crippen MR) is 86.8 cm³/mol. The Bertz CT molecular complexity index is 641. The smallest absolute Gasteiger partial charge is 0.250 e. The molecule has 1 aromatic carbocycles. The van der Waals surface area contributed by atoms with Crippen LogP contribution in [0, 0.1) is 0 Å². The van der Waals surface area contributed by atoms with E-state index in [2.05, 4.69) is 10.3 Å². The monoisotopic (exact) mass is 302 g/mol. The van der Waals surface area contributed by atoms with Gasteiger partial charge in [-0.3, -0.25) is 10.1 Å². The molecule has 0 saturated carbocycles. The molecule has 0 aliphatic carbocycles. The first kappa shape index (κ1) is 15.3. The topological polar surface area (TPSA) is 51.2 Å². The van der Waals surface area contributed by atoms with Gasteiger partial charge in [0.2, 0.25) is 5.91 Å². The van der Waals surface area contributed by atoms with Crippen molar-refractivity contribution in [2.24, 2.45) is 0 Å². The lowest BCUT2D eigenvalue weighted by Crippen LogP contribution is -2.07. The minimum Gasteiger partial charge on any atom is -0.494 e. The second-order valence-electron chi connectivity index (χ2n) is 4.71. The molecule has 0 unspecified atom stereocenters. The second-order valence-corrected chi connectivity index (χ2v) is 5.56. The van der Waals surface area contributed by atoms with Crippen LogP contribution in [-0.4, -0.2) is 17.5 Å². The van der Waals surface area contributed by atoms with Crippen LogP contribution < -0.4 is 10.1 Å². The lowest BCUT2D eigenvalue weighted by atomic mass is 10.2.